The van der Waals surface area contributed by atoms with E-state index in [1.807, 2.05) is 48.5 Å². The molecule has 10 heteroatoms. The summed E-state index contributed by atoms with van der Waals surface area (Å²) in [4.78, 5) is 8.67. The van der Waals surface area contributed by atoms with Crippen LogP contribution in [0.3, 0.4) is 0 Å². The number of nitrogens with one attached hydrogen (secondary N) is 1. The Morgan fingerprint density at radius 2 is 1.73 bits per heavy atom. The molecule has 0 unspecified atom stereocenters. The molecule has 0 fully saturated rings. The van der Waals surface area contributed by atoms with Gasteiger partial charge in [0.15, 0.2) is 11.6 Å². The van der Waals surface area contributed by atoms with Gasteiger partial charge < -0.3 is 4.74 Å². The van der Waals surface area contributed by atoms with Gasteiger partial charge in [-0.2, -0.15) is 5.26 Å². The summed E-state index contributed by atoms with van der Waals surface area (Å²) in [6, 6.07) is 19.6. The number of fused-ring (bicyclic) bond motifs is 1. The summed E-state index contributed by atoms with van der Waals surface area (Å²) >= 11 is 12.2. The summed E-state index contributed by atoms with van der Waals surface area (Å²) in [5.41, 5.74) is 5.03. The lowest BCUT2D eigenvalue weighted by molar-refractivity contribution is 0.341. The summed E-state index contributed by atoms with van der Waals surface area (Å²) < 4.78 is 30.8. The Kier molecular flexibility index (Phi) is 7.60. The van der Waals surface area contributed by atoms with Crippen molar-refractivity contribution in [1.29, 1.82) is 5.26 Å². The van der Waals surface area contributed by atoms with Gasteiger partial charge in [-0.15, -0.1) is 11.6 Å². The van der Waals surface area contributed by atoms with Crippen LogP contribution in [-0.2, 0) is 15.4 Å². The van der Waals surface area contributed by atoms with Crippen LogP contribution < -0.4 is 9.46 Å². The number of nitrogens with zero attached hydrogens (tertiary/aromatic N) is 3. The quantitative estimate of drug-likeness (QED) is 0.262. The minimum absolute atomic E-state index is 0.174. The Morgan fingerprint density at radius 3 is 2.38 bits per heavy atom. The first-order chi connectivity index (χ1) is 17.5. The average molecular weight is 555 g/mol. The van der Waals surface area contributed by atoms with Crippen molar-refractivity contribution in [2.45, 2.75) is 19.3 Å². The Morgan fingerprint density at radius 1 is 1.03 bits per heavy atom. The van der Waals surface area contributed by atoms with Gasteiger partial charge in [0, 0.05) is 5.41 Å². The van der Waals surface area contributed by atoms with Crippen molar-refractivity contribution in [1.82, 2.24) is 9.97 Å². The van der Waals surface area contributed by atoms with E-state index in [2.05, 4.69) is 34.6 Å². The van der Waals surface area contributed by atoms with Gasteiger partial charge in [0.05, 0.1) is 40.0 Å². The maximum atomic E-state index is 11.5. The zero-order chi connectivity index (χ0) is 26.8. The third-order valence-electron chi connectivity index (χ3n) is 5.98. The third-order valence-corrected chi connectivity index (χ3v) is 7.00. The van der Waals surface area contributed by atoms with Crippen LogP contribution in [0.4, 0.5) is 5.82 Å². The van der Waals surface area contributed by atoms with Crippen LogP contribution in [0.5, 0.6) is 5.75 Å². The lowest BCUT2D eigenvalue weighted by Gasteiger charge is -2.27. The van der Waals surface area contributed by atoms with Crippen molar-refractivity contribution in [3.8, 4) is 22.9 Å². The molecule has 1 N–H and O–H groups in total. The second kappa shape index (κ2) is 10.5. The standard InChI is InChI=1S/C27H24Cl2N4O3S/c1-27(2,21-12-19(15-30)26(22(29)14-21)36-11-10-28)20-7-4-17(5-8-20)18-6-9-23-24(13-18)31-16-25(32-23)33-37(3,34)35/h4-9,12-14,16H,10-11H2,1-3H3,(H,32,33). The van der Waals surface area contributed by atoms with E-state index in [4.69, 9.17) is 27.9 Å². The molecule has 190 valence electrons. The lowest BCUT2D eigenvalue weighted by Crippen LogP contribution is -2.19. The van der Waals surface area contributed by atoms with E-state index in [0.717, 1.165) is 28.5 Å². The monoisotopic (exact) mass is 554 g/mol. The van der Waals surface area contributed by atoms with Crippen LogP contribution in [-0.4, -0.2) is 37.1 Å². The van der Waals surface area contributed by atoms with Crippen molar-refractivity contribution in [2.75, 3.05) is 23.5 Å². The van der Waals surface area contributed by atoms with Gasteiger partial charge in [0.2, 0.25) is 10.0 Å². The van der Waals surface area contributed by atoms with Crippen molar-refractivity contribution < 1.29 is 13.2 Å². The van der Waals surface area contributed by atoms with E-state index >= 15 is 0 Å². The molecule has 0 atom stereocenters. The second-order valence-corrected chi connectivity index (χ2v) is 11.6. The van der Waals surface area contributed by atoms with Gasteiger partial charge in [-0.25, -0.2) is 13.4 Å². The fraction of sp³-hybridized carbons (Fsp3) is 0.222. The van der Waals surface area contributed by atoms with Crippen LogP contribution >= 0.6 is 23.2 Å². The number of halogens is 2. The molecule has 0 saturated heterocycles. The van der Waals surface area contributed by atoms with Crippen molar-refractivity contribution in [3.63, 3.8) is 0 Å². The first-order valence-electron chi connectivity index (χ1n) is 11.3. The van der Waals surface area contributed by atoms with Gasteiger partial charge in [-0.3, -0.25) is 9.71 Å². The van der Waals surface area contributed by atoms with Crippen LogP contribution in [0, 0.1) is 11.3 Å². The molecule has 0 saturated carbocycles. The molecule has 0 amide bonds. The molecular weight excluding hydrogens is 531 g/mol. The molecule has 3 aromatic carbocycles. The van der Waals surface area contributed by atoms with Gasteiger partial charge in [0.1, 0.15) is 12.7 Å². The summed E-state index contributed by atoms with van der Waals surface area (Å²) in [5.74, 6) is 0.817. The smallest absolute Gasteiger partial charge is 0.231 e. The maximum Gasteiger partial charge on any atom is 0.231 e. The predicted molar refractivity (Wildman–Crippen MR) is 148 cm³/mol. The first kappa shape index (κ1) is 26.7. The Hall–Kier alpha value is -3.38. The fourth-order valence-corrected chi connectivity index (χ4v) is 4.83. The Balaban J connectivity index is 1.62. The van der Waals surface area contributed by atoms with Gasteiger partial charge in [-0.05, 0) is 46.5 Å². The largest absolute Gasteiger partial charge is 0.489 e. The van der Waals surface area contributed by atoms with Gasteiger partial charge >= 0.3 is 0 Å². The number of sulfonamides is 1. The highest BCUT2D eigenvalue weighted by Gasteiger charge is 2.26. The molecule has 37 heavy (non-hydrogen) atoms. The molecule has 1 aromatic heterocycles. The maximum absolute atomic E-state index is 11.5. The van der Waals surface area contributed by atoms with Crippen LogP contribution in [0.1, 0.15) is 30.5 Å². The number of hydrogen-bond donors (Lipinski definition) is 1. The molecule has 4 aromatic rings. The minimum atomic E-state index is -3.43. The summed E-state index contributed by atoms with van der Waals surface area (Å²) in [5, 5.41) is 10.0. The summed E-state index contributed by atoms with van der Waals surface area (Å²) in [6.45, 7) is 4.41. The third kappa shape index (κ3) is 5.96. The fourth-order valence-electron chi connectivity index (χ4n) is 4.00. The second-order valence-electron chi connectivity index (χ2n) is 9.02. The molecular formula is C27H24Cl2N4O3S. The molecule has 4 rings (SSSR count). The van der Waals surface area contributed by atoms with Crippen molar-refractivity contribution in [3.05, 3.63) is 82.5 Å². The van der Waals surface area contributed by atoms with E-state index in [-0.39, 0.29) is 12.4 Å². The van der Waals surface area contributed by atoms with Gasteiger partial charge in [0.25, 0.3) is 0 Å². The molecule has 0 bridgehead atoms. The average Bonchev–Trinajstić information content (AvgIpc) is 2.86. The zero-order valence-corrected chi connectivity index (χ0v) is 22.7. The Bertz CT molecular complexity index is 1620. The van der Waals surface area contributed by atoms with E-state index in [1.54, 1.807) is 6.07 Å². The van der Waals surface area contributed by atoms with E-state index in [1.165, 1.54) is 6.20 Å². The molecule has 0 aliphatic carbocycles. The molecule has 0 aliphatic heterocycles. The molecule has 1 heterocycles. The number of alkyl halides is 1. The van der Waals surface area contributed by atoms with Crippen molar-refractivity contribution in [2.24, 2.45) is 0 Å². The van der Waals surface area contributed by atoms with Crippen LogP contribution in [0.15, 0.2) is 60.8 Å². The lowest BCUT2D eigenvalue weighted by atomic mass is 9.77. The highest BCUT2D eigenvalue weighted by molar-refractivity contribution is 7.92. The van der Waals surface area contributed by atoms with E-state index in [0.29, 0.717) is 33.2 Å². The number of benzene rings is 3. The number of anilines is 1. The van der Waals surface area contributed by atoms with Crippen LogP contribution in [0.25, 0.3) is 22.2 Å². The highest BCUT2D eigenvalue weighted by atomic mass is 35.5. The van der Waals surface area contributed by atoms with Crippen molar-refractivity contribution >= 4 is 50.1 Å². The normalized spacial score (nSPS) is 11.8. The highest BCUT2D eigenvalue weighted by Crippen LogP contribution is 2.39. The minimum Gasteiger partial charge on any atom is -0.489 e. The molecule has 0 spiro atoms. The molecule has 0 aliphatic rings. The van der Waals surface area contributed by atoms with E-state index < -0.39 is 15.4 Å². The summed E-state index contributed by atoms with van der Waals surface area (Å²) in [6.07, 6.45) is 2.46. The summed E-state index contributed by atoms with van der Waals surface area (Å²) in [7, 11) is -3.43. The number of nitriles is 1. The molecule has 7 nitrogen and oxygen atoms in total. The number of rotatable bonds is 8. The zero-order valence-electron chi connectivity index (χ0n) is 20.4. The van der Waals surface area contributed by atoms with Crippen LogP contribution in [0.2, 0.25) is 5.02 Å². The Labute approximate surface area is 226 Å². The predicted octanol–water partition coefficient (Wildman–Crippen LogP) is 6.14. The number of ether oxygens (including phenoxy) is 1. The topological polar surface area (TPSA) is 105 Å². The SMILES string of the molecule is CC(C)(c1ccc(-c2ccc3nc(NS(C)(=O)=O)cnc3c2)cc1)c1cc(Cl)c(OCCCl)c(C#N)c1. The first-order valence-corrected chi connectivity index (χ1v) is 14.1. The molecule has 0 radical (unpaired) electrons. The van der Waals surface area contributed by atoms with Gasteiger partial charge in [-0.1, -0.05) is 55.8 Å². The number of hydrogen-bond acceptors (Lipinski definition) is 6. The van der Waals surface area contributed by atoms with E-state index in [9.17, 15) is 13.7 Å². The number of aromatic nitrogens is 2.